The summed E-state index contributed by atoms with van der Waals surface area (Å²) in [6, 6.07) is 4.04. The second kappa shape index (κ2) is 5.58. The average molecular weight is 264 g/mol. The minimum Gasteiger partial charge on any atom is -0.488 e. The molecule has 1 atom stereocenters. The fourth-order valence-corrected chi connectivity index (χ4v) is 1.04. The van der Waals surface area contributed by atoms with E-state index in [9.17, 15) is 18.0 Å². The lowest BCUT2D eigenvalue weighted by Crippen LogP contribution is -2.41. The third-order valence-electron chi connectivity index (χ3n) is 1.86. The van der Waals surface area contributed by atoms with Crippen molar-refractivity contribution in [2.75, 3.05) is 6.61 Å². The van der Waals surface area contributed by atoms with Crippen LogP contribution in [-0.4, -0.2) is 24.9 Å². The van der Waals surface area contributed by atoms with Crippen LogP contribution in [0.1, 0.15) is 0 Å². The van der Waals surface area contributed by atoms with Crippen molar-refractivity contribution in [3.8, 4) is 11.5 Å². The molecular formula is C10H11F3N2O3. The SMILES string of the molecule is NC(=O)C(N)COc1ccccc1OC(F)(F)F. The van der Waals surface area contributed by atoms with Crippen LogP contribution in [-0.2, 0) is 4.79 Å². The summed E-state index contributed by atoms with van der Waals surface area (Å²) in [4.78, 5) is 10.6. The highest BCUT2D eigenvalue weighted by Gasteiger charge is 2.32. The van der Waals surface area contributed by atoms with E-state index >= 15 is 0 Å². The number of para-hydroxylation sites is 2. The first-order chi connectivity index (χ1) is 8.29. The molecule has 1 unspecified atom stereocenters. The van der Waals surface area contributed by atoms with E-state index in [4.69, 9.17) is 16.2 Å². The Morgan fingerprint density at radius 2 is 1.83 bits per heavy atom. The summed E-state index contributed by atoms with van der Waals surface area (Å²) in [5.74, 6) is -1.50. The molecule has 4 N–H and O–H groups in total. The molecule has 0 fully saturated rings. The van der Waals surface area contributed by atoms with Crippen molar-refractivity contribution in [2.45, 2.75) is 12.4 Å². The monoisotopic (exact) mass is 264 g/mol. The fourth-order valence-electron chi connectivity index (χ4n) is 1.04. The highest BCUT2D eigenvalue weighted by Crippen LogP contribution is 2.31. The predicted molar refractivity (Wildman–Crippen MR) is 55.8 cm³/mol. The molecule has 0 radical (unpaired) electrons. The number of benzene rings is 1. The quantitative estimate of drug-likeness (QED) is 0.822. The van der Waals surface area contributed by atoms with Gasteiger partial charge in [-0.15, -0.1) is 13.2 Å². The summed E-state index contributed by atoms with van der Waals surface area (Å²) < 4.78 is 44.9. The maximum absolute atomic E-state index is 12.1. The van der Waals surface area contributed by atoms with Gasteiger partial charge in [0, 0.05) is 0 Å². The summed E-state index contributed by atoms with van der Waals surface area (Å²) >= 11 is 0. The van der Waals surface area contributed by atoms with Crippen LogP contribution in [0.15, 0.2) is 24.3 Å². The number of halogens is 3. The molecule has 5 nitrogen and oxygen atoms in total. The van der Waals surface area contributed by atoms with E-state index in [-0.39, 0.29) is 12.4 Å². The smallest absolute Gasteiger partial charge is 0.488 e. The number of nitrogens with two attached hydrogens (primary N) is 2. The standard InChI is InChI=1S/C10H11F3N2O3/c11-10(12,13)18-8-4-2-1-3-7(8)17-5-6(14)9(15)16/h1-4,6H,5,14H2,(H2,15,16). The topological polar surface area (TPSA) is 87.6 Å². The van der Waals surface area contributed by atoms with Gasteiger partial charge in [0.2, 0.25) is 5.91 Å². The van der Waals surface area contributed by atoms with E-state index in [0.29, 0.717) is 0 Å². The Bertz CT molecular complexity index is 423. The van der Waals surface area contributed by atoms with Gasteiger partial charge in [-0.3, -0.25) is 4.79 Å². The number of ether oxygens (including phenoxy) is 2. The maximum atomic E-state index is 12.1. The van der Waals surface area contributed by atoms with E-state index in [0.717, 1.165) is 6.07 Å². The Kier molecular flexibility index (Phi) is 4.38. The Morgan fingerprint density at radius 1 is 1.28 bits per heavy atom. The minimum absolute atomic E-state index is 0.175. The maximum Gasteiger partial charge on any atom is 0.573 e. The van der Waals surface area contributed by atoms with Gasteiger partial charge >= 0.3 is 6.36 Å². The van der Waals surface area contributed by atoms with Gasteiger partial charge in [-0.05, 0) is 12.1 Å². The number of rotatable bonds is 5. The molecule has 0 saturated heterocycles. The highest BCUT2D eigenvalue weighted by atomic mass is 19.4. The van der Waals surface area contributed by atoms with Crippen LogP contribution in [0.25, 0.3) is 0 Å². The molecule has 0 aliphatic rings. The van der Waals surface area contributed by atoms with Crippen molar-refractivity contribution >= 4 is 5.91 Å². The Morgan fingerprint density at radius 3 is 2.33 bits per heavy atom. The molecule has 0 heterocycles. The van der Waals surface area contributed by atoms with Gasteiger partial charge in [-0.25, -0.2) is 0 Å². The van der Waals surface area contributed by atoms with E-state index in [1.807, 2.05) is 0 Å². The van der Waals surface area contributed by atoms with Gasteiger partial charge in [0.25, 0.3) is 0 Å². The lowest BCUT2D eigenvalue weighted by molar-refractivity contribution is -0.275. The number of carbonyl (C=O) groups excluding carboxylic acids is 1. The number of amides is 1. The Hall–Kier alpha value is -1.96. The van der Waals surface area contributed by atoms with Gasteiger partial charge in [0.15, 0.2) is 11.5 Å². The summed E-state index contributed by atoms with van der Waals surface area (Å²) in [6.45, 7) is -0.340. The number of alkyl halides is 3. The van der Waals surface area contributed by atoms with Crippen LogP contribution in [0.3, 0.4) is 0 Å². The summed E-state index contributed by atoms with van der Waals surface area (Å²) in [5, 5.41) is 0. The third kappa shape index (κ3) is 4.50. The van der Waals surface area contributed by atoms with E-state index < -0.39 is 24.1 Å². The molecule has 1 rings (SSSR count). The first-order valence-corrected chi connectivity index (χ1v) is 4.82. The van der Waals surface area contributed by atoms with Crippen molar-refractivity contribution in [2.24, 2.45) is 11.5 Å². The summed E-state index contributed by atoms with van der Waals surface area (Å²) in [6.07, 6.45) is -4.83. The van der Waals surface area contributed by atoms with Gasteiger partial charge in [-0.2, -0.15) is 0 Å². The van der Waals surface area contributed by atoms with Crippen LogP contribution in [0, 0.1) is 0 Å². The molecule has 18 heavy (non-hydrogen) atoms. The zero-order valence-electron chi connectivity index (χ0n) is 9.11. The lowest BCUT2D eigenvalue weighted by Gasteiger charge is -2.15. The van der Waals surface area contributed by atoms with Crippen LogP contribution >= 0.6 is 0 Å². The highest BCUT2D eigenvalue weighted by molar-refractivity contribution is 5.79. The molecule has 0 aliphatic carbocycles. The fraction of sp³-hybridized carbons (Fsp3) is 0.300. The number of carbonyl (C=O) groups is 1. The molecule has 8 heteroatoms. The lowest BCUT2D eigenvalue weighted by atomic mass is 10.3. The molecule has 1 aromatic carbocycles. The predicted octanol–water partition coefficient (Wildman–Crippen LogP) is 0.777. The zero-order valence-corrected chi connectivity index (χ0v) is 9.11. The van der Waals surface area contributed by atoms with Crippen molar-refractivity contribution in [1.82, 2.24) is 0 Å². The molecular weight excluding hydrogens is 253 g/mol. The number of hydrogen-bond acceptors (Lipinski definition) is 4. The molecule has 0 aromatic heterocycles. The van der Waals surface area contributed by atoms with Gasteiger partial charge in [0.1, 0.15) is 12.6 Å². The molecule has 0 aliphatic heterocycles. The molecule has 0 saturated carbocycles. The first kappa shape index (κ1) is 14.1. The molecule has 1 aromatic rings. The Labute approximate surface area is 100 Å². The average Bonchev–Trinajstić information content (AvgIpc) is 2.25. The van der Waals surface area contributed by atoms with Crippen molar-refractivity contribution < 1.29 is 27.4 Å². The van der Waals surface area contributed by atoms with E-state index in [2.05, 4.69) is 4.74 Å². The summed E-state index contributed by atoms with van der Waals surface area (Å²) in [5.41, 5.74) is 10.2. The number of hydrogen-bond donors (Lipinski definition) is 2. The van der Waals surface area contributed by atoms with Crippen LogP contribution in [0.5, 0.6) is 11.5 Å². The Balaban J connectivity index is 2.73. The van der Waals surface area contributed by atoms with Crippen LogP contribution in [0.4, 0.5) is 13.2 Å². The van der Waals surface area contributed by atoms with Crippen molar-refractivity contribution in [1.29, 1.82) is 0 Å². The molecule has 0 bridgehead atoms. The van der Waals surface area contributed by atoms with E-state index in [1.165, 1.54) is 18.2 Å². The third-order valence-corrected chi connectivity index (χ3v) is 1.86. The second-order valence-corrected chi connectivity index (χ2v) is 3.31. The van der Waals surface area contributed by atoms with Crippen LogP contribution in [0.2, 0.25) is 0 Å². The minimum atomic E-state index is -4.83. The van der Waals surface area contributed by atoms with Gasteiger partial charge in [-0.1, -0.05) is 12.1 Å². The number of primary amides is 1. The second-order valence-electron chi connectivity index (χ2n) is 3.31. The van der Waals surface area contributed by atoms with Crippen molar-refractivity contribution in [3.05, 3.63) is 24.3 Å². The normalized spacial score (nSPS) is 12.9. The largest absolute Gasteiger partial charge is 0.573 e. The van der Waals surface area contributed by atoms with Crippen molar-refractivity contribution in [3.63, 3.8) is 0 Å². The summed E-state index contributed by atoms with van der Waals surface area (Å²) in [7, 11) is 0. The van der Waals surface area contributed by atoms with E-state index in [1.54, 1.807) is 0 Å². The molecule has 0 spiro atoms. The van der Waals surface area contributed by atoms with Gasteiger partial charge < -0.3 is 20.9 Å². The van der Waals surface area contributed by atoms with Gasteiger partial charge in [0.05, 0.1) is 0 Å². The first-order valence-electron chi connectivity index (χ1n) is 4.82. The molecule has 100 valence electrons. The zero-order chi connectivity index (χ0) is 13.8. The molecule has 1 amide bonds. The van der Waals surface area contributed by atoms with Crippen LogP contribution < -0.4 is 20.9 Å².